The van der Waals surface area contributed by atoms with E-state index in [4.69, 9.17) is 0 Å². The Morgan fingerprint density at radius 3 is 2.40 bits per heavy atom. The molecule has 0 heterocycles. The first kappa shape index (κ1) is 13.4. The number of rotatable bonds is 6. The summed E-state index contributed by atoms with van der Waals surface area (Å²) in [5.74, 6) is 1.33. The summed E-state index contributed by atoms with van der Waals surface area (Å²) in [6.45, 7) is 5.75. The lowest BCUT2D eigenvalue weighted by molar-refractivity contribution is 0.172. The molecule has 1 N–H and O–H groups in total. The van der Waals surface area contributed by atoms with Gasteiger partial charge in [0.2, 0.25) is 0 Å². The summed E-state index contributed by atoms with van der Waals surface area (Å²) in [6.07, 6.45) is 10.9. The van der Waals surface area contributed by atoms with E-state index in [0.717, 1.165) is 0 Å². The zero-order chi connectivity index (χ0) is 11.1. The molecule has 0 spiro atoms. The summed E-state index contributed by atoms with van der Waals surface area (Å²) in [4.78, 5) is 0. The van der Waals surface area contributed by atoms with E-state index in [-0.39, 0.29) is 0 Å². The van der Waals surface area contributed by atoms with Gasteiger partial charge in [-0.25, -0.2) is 0 Å². The zero-order valence-corrected chi connectivity index (χ0v) is 11.5. The Labute approximate surface area is 99.8 Å². The molecule has 1 rings (SSSR count). The van der Waals surface area contributed by atoms with Crippen LogP contribution in [-0.4, -0.2) is 24.6 Å². The maximum absolute atomic E-state index is 3.66. The highest BCUT2D eigenvalue weighted by Crippen LogP contribution is 2.39. The van der Waals surface area contributed by atoms with E-state index in [0.29, 0.717) is 11.5 Å². The van der Waals surface area contributed by atoms with Gasteiger partial charge in [-0.1, -0.05) is 33.1 Å². The van der Waals surface area contributed by atoms with Crippen LogP contribution in [0.5, 0.6) is 0 Å². The highest BCUT2D eigenvalue weighted by molar-refractivity contribution is 7.98. The Kier molecular flexibility index (Phi) is 6.06. The van der Waals surface area contributed by atoms with Gasteiger partial charge in [0.1, 0.15) is 0 Å². The van der Waals surface area contributed by atoms with Gasteiger partial charge in [-0.15, -0.1) is 0 Å². The Hall–Kier alpha value is 0.310. The van der Waals surface area contributed by atoms with Crippen LogP contribution in [0.1, 0.15) is 52.4 Å². The maximum Gasteiger partial charge on any atom is 0.00106 e. The molecule has 1 fully saturated rings. The van der Waals surface area contributed by atoms with Gasteiger partial charge in [-0.05, 0) is 36.7 Å². The Morgan fingerprint density at radius 1 is 1.20 bits per heavy atom. The molecule has 0 bridgehead atoms. The molecule has 1 aliphatic rings. The SMILES string of the molecule is CSCCC1(CNC(C)C)CCCCC1. The summed E-state index contributed by atoms with van der Waals surface area (Å²) >= 11 is 2.00. The lowest BCUT2D eigenvalue weighted by Crippen LogP contribution is -2.39. The molecule has 2 heteroatoms. The number of nitrogens with one attached hydrogen (secondary N) is 1. The molecule has 0 aromatic rings. The van der Waals surface area contributed by atoms with E-state index in [1.54, 1.807) is 0 Å². The molecule has 0 atom stereocenters. The van der Waals surface area contributed by atoms with Gasteiger partial charge in [0, 0.05) is 12.6 Å². The van der Waals surface area contributed by atoms with Crippen molar-refractivity contribution < 1.29 is 0 Å². The smallest absolute Gasteiger partial charge is 0.00106 e. The molecule has 0 aromatic heterocycles. The Morgan fingerprint density at radius 2 is 1.87 bits per heavy atom. The predicted molar refractivity (Wildman–Crippen MR) is 71.7 cm³/mol. The molecule has 1 aliphatic carbocycles. The van der Waals surface area contributed by atoms with Gasteiger partial charge in [0.25, 0.3) is 0 Å². The lowest BCUT2D eigenvalue weighted by atomic mass is 9.72. The van der Waals surface area contributed by atoms with Crippen molar-refractivity contribution in [2.24, 2.45) is 5.41 Å². The van der Waals surface area contributed by atoms with Crippen LogP contribution in [0.4, 0.5) is 0 Å². The van der Waals surface area contributed by atoms with Gasteiger partial charge in [0.05, 0.1) is 0 Å². The fourth-order valence-corrected chi connectivity index (χ4v) is 3.19. The van der Waals surface area contributed by atoms with E-state index < -0.39 is 0 Å². The summed E-state index contributed by atoms with van der Waals surface area (Å²) < 4.78 is 0. The van der Waals surface area contributed by atoms with Crippen LogP contribution in [0.15, 0.2) is 0 Å². The third-order valence-electron chi connectivity index (χ3n) is 3.64. The molecule has 1 nitrogen and oxygen atoms in total. The van der Waals surface area contributed by atoms with Gasteiger partial charge < -0.3 is 5.32 Å². The molecule has 90 valence electrons. The first-order valence-corrected chi connectivity index (χ1v) is 7.80. The summed E-state index contributed by atoms with van der Waals surface area (Å²) in [5.41, 5.74) is 0.630. The molecule has 0 aromatic carbocycles. The van der Waals surface area contributed by atoms with Crippen molar-refractivity contribution in [2.75, 3.05) is 18.6 Å². The van der Waals surface area contributed by atoms with Crippen LogP contribution in [0.2, 0.25) is 0 Å². The molecule has 1 saturated carbocycles. The van der Waals surface area contributed by atoms with Crippen molar-refractivity contribution in [2.45, 2.75) is 58.4 Å². The molecular formula is C13H27NS. The second kappa shape index (κ2) is 6.80. The monoisotopic (exact) mass is 229 g/mol. The van der Waals surface area contributed by atoms with Crippen LogP contribution < -0.4 is 5.32 Å². The second-order valence-electron chi connectivity index (χ2n) is 5.34. The summed E-state index contributed by atoms with van der Waals surface area (Å²) in [7, 11) is 0. The van der Waals surface area contributed by atoms with Crippen LogP contribution in [0, 0.1) is 5.41 Å². The fraction of sp³-hybridized carbons (Fsp3) is 1.00. The van der Waals surface area contributed by atoms with Gasteiger partial charge >= 0.3 is 0 Å². The third kappa shape index (κ3) is 4.78. The van der Waals surface area contributed by atoms with E-state index in [2.05, 4.69) is 25.4 Å². The molecular weight excluding hydrogens is 202 g/mol. The fourth-order valence-electron chi connectivity index (χ4n) is 2.56. The van der Waals surface area contributed by atoms with Crippen LogP contribution in [0.25, 0.3) is 0 Å². The highest BCUT2D eigenvalue weighted by atomic mass is 32.2. The van der Waals surface area contributed by atoms with Crippen LogP contribution in [0.3, 0.4) is 0 Å². The van der Waals surface area contributed by atoms with Gasteiger partial charge in [0.15, 0.2) is 0 Å². The first-order chi connectivity index (χ1) is 7.18. The molecule has 0 amide bonds. The molecule has 0 saturated heterocycles. The van der Waals surface area contributed by atoms with Gasteiger partial charge in [-0.2, -0.15) is 11.8 Å². The van der Waals surface area contributed by atoms with Crippen molar-refractivity contribution in [3.8, 4) is 0 Å². The van der Waals surface area contributed by atoms with Crippen LogP contribution in [-0.2, 0) is 0 Å². The van der Waals surface area contributed by atoms with E-state index in [1.807, 2.05) is 11.8 Å². The van der Waals surface area contributed by atoms with E-state index in [1.165, 1.54) is 50.8 Å². The van der Waals surface area contributed by atoms with Crippen molar-refractivity contribution >= 4 is 11.8 Å². The summed E-state index contributed by atoms with van der Waals surface area (Å²) in [6, 6.07) is 0.637. The lowest BCUT2D eigenvalue weighted by Gasteiger charge is -2.38. The minimum absolute atomic E-state index is 0.630. The Bertz CT molecular complexity index is 162. The molecule has 0 unspecified atom stereocenters. The van der Waals surface area contributed by atoms with Crippen molar-refractivity contribution in [3.05, 3.63) is 0 Å². The average molecular weight is 229 g/mol. The summed E-state index contributed by atoms with van der Waals surface area (Å²) in [5, 5.41) is 3.66. The standard InChI is InChI=1S/C13H27NS/c1-12(2)14-11-13(9-10-15-3)7-5-4-6-8-13/h12,14H,4-11H2,1-3H3. The van der Waals surface area contributed by atoms with Crippen LogP contribution >= 0.6 is 11.8 Å². The first-order valence-electron chi connectivity index (χ1n) is 6.41. The average Bonchev–Trinajstić information content (AvgIpc) is 2.25. The largest absolute Gasteiger partial charge is 0.314 e. The normalized spacial score (nSPS) is 20.8. The zero-order valence-electron chi connectivity index (χ0n) is 10.6. The topological polar surface area (TPSA) is 12.0 Å². The molecule has 0 radical (unpaired) electrons. The van der Waals surface area contributed by atoms with E-state index >= 15 is 0 Å². The van der Waals surface area contributed by atoms with Crippen molar-refractivity contribution in [1.82, 2.24) is 5.32 Å². The highest BCUT2D eigenvalue weighted by Gasteiger charge is 2.31. The number of hydrogen-bond donors (Lipinski definition) is 1. The minimum Gasteiger partial charge on any atom is -0.314 e. The third-order valence-corrected chi connectivity index (χ3v) is 4.25. The number of thioether (sulfide) groups is 1. The minimum atomic E-state index is 0.630. The van der Waals surface area contributed by atoms with Gasteiger partial charge in [-0.3, -0.25) is 0 Å². The molecule has 15 heavy (non-hydrogen) atoms. The maximum atomic E-state index is 3.66. The van der Waals surface area contributed by atoms with E-state index in [9.17, 15) is 0 Å². The number of hydrogen-bond acceptors (Lipinski definition) is 2. The van der Waals surface area contributed by atoms with Crippen molar-refractivity contribution in [3.63, 3.8) is 0 Å². The Balaban J connectivity index is 2.42. The predicted octanol–water partition coefficient (Wildman–Crippen LogP) is 3.69. The van der Waals surface area contributed by atoms with Crippen molar-refractivity contribution in [1.29, 1.82) is 0 Å². The quantitative estimate of drug-likeness (QED) is 0.745. The second-order valence-corrected chi connectivity index (χ2v) is 6.32. The molecule has 0 aliphatic heterocycles.